The minimum Gasteiger partial charge on any atom is -0.497 e. The van der Waals surface area contributed by atoms with Gasteiger partial charge in [0, 0.05) is 26.2 Å². The summed E-state index contributed by atoms with van der Waals surface area (Å²) in [5, 5.41) is 3.05. The number of benzene rings is 1. The third-order valence-electron chi connectivity index (χ3n) is 5.85. The highest BCUT2D eigenvalue weighted by molar-refractivity contribution is 7.89. The third kappa shape index (κ3) is 5.71. The van der Waals surface area contributed by atoms with E-state index in [1.807, 2.05) is 0 Å². The van der Waals surface area contributed by atoms with Crippen molar-refractivity contribution in [1.82, 2.24) is 14.5 Å². The van der Waals surface area contributed by atoms with E-state index in [1.54, 1.807) is 31.4 Å². The van der Waals surface area contributed by atoms with E-state index in [1.165, 1.54) is 17.1 Å². The van der Waals surface area contributed by atoms with Crippen LogP contribution in [0.5, 0.6) is 5.75 Å². The number of nitrogens with one attached hydrogen (secondary N) is 1. The molecule has 1 N–H and O–H groups in total. The Balaban J connectivity index is 1.53. The molecule has 2 heterocycles. The van der Waals surface area contributed by atoms with Crippen LogP contribution in [0.2, 0.25) is 0 Å². The first-order chi connectivity index (χ1) is 13.9. The summed E-state index contributed by atoms with van der Waals surface area (Å²) in [6.07, 6.45) is 3.94. The number of likely N-dealkylation sites (tertiary alicyclic amines) is 1. The molecule has 7 nitrogen and oxygen atoms in total. The fourth-order valence-corrected chi connectivity index (χ4v) is 5.69. The van der Waals surface area contributed by atoms with Gasteiger partial charge in [0.25, 0.3) is 0 Å². The molecule has 2 aliphatic rings. The van der Waals surface area contributed by atoms with Gasteiger partial charge in [-0.15, -0.1) is 0 Å². The molecule has 0 aliphatic carbocycles. The highest BCUT2D eigenvalue weighted by Crippen LogP contribution is 2.25. The highest BCUT2D eigenvalue weighted by atomic mass is 32.2. The summed E-state index contributed by atoms with van der Waals surface area (Å²) in [6, 6.07) is 6.39. The Morgan fingerprint density at radius 2 is 1.86 bits per heavy atom. The van der Waals surface area contributed by atoms with Crippen LogP contribution >= 0.6 is 0 Å². The first-order valence-electron chi connectivity index (χ1n) is 10.5. The lowest BCUT2D eigenvalue weighted by molar-refractivity contribution is -0.126. The van der Waals surface area contributed by atoms with Crippen LogP contribution in [0.4, 0.5) is 0 Å². The molecule has 0 saturated carbocycles. The Kier molecular flexibility index (Phi) is 7.54. The second kappa shape index (κ2) is 9.91. The van der Waals surface area contributed by atoms with Gasteiger partial charge < -0.3 is 15.0 Å². The van der Waals surface area contributed by atoms with E-state index in [9.17, 15) is 13.2 Å². The summed E-state index contributed by atoms with van der Waals surface area (Å²) >= 11 is 0. The molecule has 0 unspecified atom stereocenters. The van der Waals surface area contributed by atoms with Gasteiger partial charge in [-0.1, -0.05) is 6.92 Å². The molecule has 1 amide bonds. The fourth-order valence-electron chi connectivity index (χ4n) is 4.16. The lowest BCUT2D eigenvalue weighted by atomic mass is 9.98. The van der Waals surface area contributed by atoms with Crippen molar-refractivity contribution in [1.29, 1.82) is 0 Å². The van der Waals surface area contributed by atoms with E-state index in [0.717, 1.165) is 26.1 Å². The number of amides is 1. The van der Waals surface area contributed by atoms with Crippen LogP contribution in [0.15, 0.2) is 29.2 Å². The number of nitrogens with zero attached hydrogens (tertiary/aromatic N) is 2. The van der Waals surface area contributed by atoms with Gasteiger partial charge >= 0.3 is 0 Å². The largest absolute Gasteiger partial charge is 0.497 e. The summed E-state index contributed by atoms with van der Waals surface area (Å²) in [5.41, 5.74) is 0. The molecule has 0 bridgehead atoms. The molecule has 2 saturated heterocycles. The minimum atomic E-state index is -3.61. The normalized spacial score (nSPS) is 22.3. The lowest BCUT2D eigenvalue weighted by Crippen LogP contribution is -2.46. The number of piperidine rings is 1. The molecule has 0 aromatic heterocycles. The Bertz CT molecular complexity index is 776. The number of carbonyl (C=O) groups excluding carboxylic acids is 1. The predicted molar refractivity (Wildman–Crippen MR) is 112 cm³/mol. The third-order valence-corrected chi connectivity index (χ3v) is 7.72. The second-order valence-electron chi connectivity index (χ2n) is 8.24. The van der Waals surface area contributed by atoms with Crippen molar-refractivity contribution < 1.29 is 17.9 Å². The van der Waals surface area contributed by atoms with Gasteiger partial charge in [0.15, 0.2) is 0 Å². The average Bonchev–Trinajstić information content (AvgIpc) is 3.25. The van der Waals surface area contributed by atoms with E-state index in [-0.39, 0.29) is 23.3 Å². The monoisotopic (exact) mass is 423 g/mol. The van der Waals surface area contributed by atoms with Crippen molar-refractivity contribution >= 4 is 15.9 Å². The van der Waals surface area contributed by atoms with Gasteiger partial charge in [-0.2, -0.15) is 4.31 Å². The van der Waals surface area contributed by atoms with E-state index < -0.39 is 10.0 Å². The molecule has 3 rings (SSSR count). The van der Waals surface area contributed by atoms with Crippen LogP contribution in [0.3, 0.4) is 0 Å². The van der Waals surface area contributed by atoms with Crippen LogP contribution in [0.25, 0.3) is 0 Å². The van der Waals surface area contributed by atoms with E-state index in [0.29, 0.717) is 31.2 Å². The smallest absolute Gasteiger partial charge is 0.243 e. The second-order valence-corrected chi connectivity index (χ2v) is 10.2. The highest BCUT2D eigenvalue weighted by Gasteiger charge is 2.33. The zero-order chi connectivity index (χ0) is 20.9. The molecular formula is C21H33N3O4S. The Hall–Kier alpha value is -1.64. The number of hydrogen-bond donors (Lipinski definition) is 1. The van der Waals surface area contributed by atoms with Gasteiger partial charge in [-0.05, 0) is 69.0 Å². The van der Waals surface area contributed by atoms with E-state index in [4.69, 9.17) is 4.74 Å². The standard InChI is InChI=1S/C21H33N3O4S/c1-17(15-23-11-3-4-12-23)14-22-21(25)18-6-5-13-24(16-18)29(26,27)20-9-7-19(28-2)8-10-20/h7-10,17-18H,3-6,11-16H2,1-2H3,(H,22,25)/t17-,18-/m1/s1. The molecule has 29 heavy (non-hydrogen) atoms. The van der Waals surface area contributed by atoms with Gasteiger partial charge in [-0.3, -0.25) is 4.79 Å². The Morgan fingerprint density at radius 1 is 1.17 bits per heavy atom. The van der Waals surface area contributed by atoms with Gasteiger partial charge in [0.2, 0.25) is 15.9 Å². The molecule has 0 spiro atoms. The topological polar surface area (TPSA) is 79.0 Å². The minimum absolute atomic E-state index is 0.0343. The first-order valence-corrected chi connectivity index (χ1v) is 12.0. The maximum Gasteiger partial charge on any atom is 0.243 e. The Morgan fingerprint density at radius 3 is 2.52 bits per heavy atom. The van der Waals surface area contributed by atoms with Crippen molar-refractivity contribution in [3.63, 3.8) is 0 Å². The molecule has 2 atom stereocenters. The van der Waals surface area contributed by atoms with Crippen molar-refractivity contribution in [3.05, 3.63) is 24.3 Å². The number of hydrogen-bond acceptors (Lipinski definition) is 5. The van der Waals surface area contributed by atoms with E-state index >= 15 is 0 Å². The van der Waals surface area contributed by atoms with Gasteiger partial charge in [-0.25, -0.2) is 8.42 Å². The maximum absolute atomic E-state index is 13.0. The van der Waals surface area contributed by atoms with Crippen LogP contribution < -0.4 is 10.1 Å². The van der Waals surface area contributed by atoms with Crippen LogP contribution in [-0.4, -0.2) is 69.9 Å². The van der Waals surface area contributed by atoms with Crippen molar-refractivity contribution in [3.8, 4) is 5.75 Å². The van der Waals surface area contributed by atoms with Crippen molar-refractivity contribution in [2.24, 2.45) is 11.8 Å². The van der Waals surface area contributed by atoms with Crippen LogP contribution in [0, 0.1) is 11.8 Å². The summed E-state index contributed by atoms with van der Waals surface area (Å²) in [7, 11) is -2.06. The summed E-state index contributed by atoms with van der Waals surface area (Å²) in [5.74, 6) is 0.673. The lowest BCUT2D eigenvalue weighted by Gasteiger charge is -2.31. The number of carbonyl (C=O) groups is 1. The molecule has 2 aliphatic heterocycles. The molecule has 1 aromatic rings. The zero-order valence-corrected chi connectivity index (χ0v) is 18.3. The van der Waals surface area contributed by atoms with Gasteiger partial charge in [0.05, 0.1) is 17.9 Å². The quantitative estimate of drug-likeness (QED) is 0.691. The van der Waals surface area contributed by atoms with Crippen LogP contribution in [-0.2, 0) is 14.8 Å². The molecule has 162 valence electrons. The summed E-state index contributed by atoms with van der Waals surface area (Å²) in [6.45, 7) is 6.78. The molecule has 0 radical (unpaired) electrons. The predicted octanol–water partition coefficient (Wildman–Crippen LogP) is 1.94. The molecule has 2 fully saturated rings. The van der Waals surface area contributed by atoms with Gasteiger partial charge in [0.1, 0.15) is 5.75 Å². The van der Waals surface area contributed by atoms with Crippen molar-refractivity contribution in [2.75, 3.05) is 46.4 Å². The summed E-state index contributed by atoms with van der Waals surface area (Å²) in [4.78, 5) is 15.3. The van der Waals surface area contributed by atoms with Crippen molar-refractivity contribution in [2.45, 2.75) is 37.5 Å². The number of methoxy groups -OCH3 is 1. The maximum atomic E-state index is 13.0. The summed E-state index contributed by atoms with van der Waals surface area (Å²) < 4.78 is 32.5. The van der Waals surface area contributed by atoms with E-state index in [2.05, 4.69) is 17.1 Å². The zero-order valence-electron chi connectivity index (χ0n) is 17.5. The molecule has 1 aromatic carbocycles. The first kappa shape index (κ1) is 22.1. The number of sulfonamides is 1. The number of rotatable bonds is 8. The SMILES string of the molecule is COc1ccc(S(=O)(=O)N2CCC[C@@H](C(=O)NC[C@@H](C)CN3CCCC3)C2)cc1. The average molecular weight is 424 g/mol. The number of ether oxygens (including phenoxy) is 1. The Labute approximate surface area is 174 Å². The fraction of sp³-hybridized carbons (Fsp3) is 0.667. The molecule has 8 heteroatoms. The molecular weight excluding hydrogens is 390 g/mol. The van der Waals surface area contributed by atoms with Crippen LogP contribution in [0.1, 0.15) is 32.6 Å².